The van der Waals surface area contributed by atoms with Crippen LogP contribution in [0.5, 0.6) is 0 Å². The summed E-state index contributed by atoms with van der Waals surface area (Å²) in [6.07, 6.45) is 1.86. The highest BCUT2D eigenvalue weighted by Gasteiger charge is 2.26. The molecule has 2 aromatic carbocycles. The number of halogens is 1. The normalized spacial score (nSPS) is 17.1. The topological polar surface area (TPSA) is 71.3 Å². The van der Waals surface area contributed by atoms with Gasteiger partial charge in [-0.1, -0.05) is 58.7 Å². The maximum absolute atomic E-state index is 12.6. The van der Waals surface area contributed by atoms with E-state index < -0.39 is 0 Å². The van der Waals surface area contributed by atoms with Crippen LogP contribution >= 0.6 is 11.6 Å². The summed E-state index contributed by atoms with van der Waals surface area (Å²) in [5.74, 6) is 1.22. The van der Waals surface area contributed by atoms with Gasteiger partial charge < -0.3 is 9.84 Å². The average molecular weight is 425 g/mol. The Morgan fingerprint density at radius 1 is 1.20 bits per heavy atom. The first kappa shape index (κ1) is 20.6. The Labute approximate surface area is 181 Å². The van der Waals surface area contributed by atoms with E-state index in [1.807, 2.05) is 55.5 Å². The Morgan fingerprint density at radius 3 is 2.73 bits per heavy atom. The van der Waals surface area contributed by atoms with Crippen molar-refractivity contribution in [2.75, 3.05) is 13.1 Å². The van der Waals surface area contributed by atoms with Crippen LogP contribution in [0.2, 0.25) is 5.02 Å². The Morgan fingerprint density at radius 2 is 1.97 bits per heavy atom. The van der Waals surface area contributed by atoms with Crippen molar-refractivity contribution in [2.45, 2.75) is 32.9 Å². The first-order chi connectivity index (χ1) is 14.6. The fourth-order valence-electron chi connectivity index (χ4n) is 3.68. The molecule has 1 aliphatic rings. The number of carbonyl (C=O) groups excluding carboxylic acids is 1. The van der Waals surface area contributed by atoms with Crippen molar-refractivity contribution >= 4 is 17.5 Å². The van der Waals surface area contributed by atoms with Crippen molar-refractivity contribution < 1.29 is 9.32 Å². The van der Waals surface area contributed by atoms with Gasteiger partial charge in [0.05, 0.1) is 12.5 Å². The van der Waals surface area contributed by atoms with Crippen molar-refractivity contribution in [1.29, 1.82) is 0 Å². The van der Waals surface area contributed by atoms with Crippen molar-refractivity contribution in [1.82, 2.24) is 20.4 Å². The summed E-state index contributed by atoms with van der Waals surface area (Å²) in [5, 5.41) is 7.84. The Hall–Kier alpha value is -2.70. The minimum Gasteiger partial charge on any atom is -0.352 e. The fourth-order valence-corrected chi connectivity index (χ4v) is 3.81. The molecule has 1 saturated heterocycles. The molecule has 7 heteroatoms. The SMILES string of the molecule is Cc1ccc(-c2noc(CN3CCCC(C(=O)NCc4ccc(Cl)cc4)C3)n2)cc1. The second-order valence-corrected chi connectivity index (χ2v) is 8.23. The van der Waals surface area contributed by atoms with Gasteiger partial charge in [-0.3, -0.25) is 9.69 Å². The molecule has 1 unspecified atom stereocenters. The number of nitrogens with zero attached hydrogens (tertiary/aromatic N) is 3. The number of hydrogen-bond acceptors (Lipinski definition) is 5. The number of aryl methyl sites for hydroxylation is 1. The molecule has 1 N–H and O–H groups in total. The highest BCUT2D eigenvalue weighted by molar-refractivity contribution is 6.30. The molecule has 6 nitrogen and oxygen atoms in total. The molecule has 1 fully saturated rings. The zero-order valence-corrected chi connectivity index (χ0v) is 17.7. The quantitative estimate of drug-likeness (QED) is 0.641. The fraction of sp³-hybridized carbons (Fsp3) is 0.348. The lowest BCUT2D eigenvalue weighted by molar-refractivity contribution is -0.127. The van der Waals surface area contributed by atoms with Gasteiger partial charge >= 0.3 is 0 Å². The van der Waals surface area contributed by atoms with Crippen molar-refractivity contribution in [3.63, 3.8) is 0 Å². The van der Waals surface area contributed by atoms with Crippen molar-refractivity contribution in [3.05, 3.63) is 70.6 Å². The van der Waals surface area contributed by atoms with Gasteiger partial charge in [0.2, 0.25) is 17.6 Å². The van der Waals surface area contributed by atoms with E-state index in [2.05, 4.69) is 20.4 Å². The highest BCUT2D eigenvalue weighted by Crippen LogP contribution is 2.21. The van der Waals surface area contributed by atoms with E-state index >= 15 is 0 Å². The van der Waals surface area contributed by atoms with E-state index in [0.29, 0.717) is 36.4 Å². The van der Waals surface area contributed by atoms with Crippen LogP contribution in [-0.2, 0) is 17.9 Å². The number of amides is 1. The number of rotatable bonds is 6. The summed E-state index contributed by atoms with van der Waals surface area (Å²) >= 11 is 5.91. The molecule has 1 aliphatic heterocycles. The zero-order chi connectivity index (χ0) is 20.9. The highest BCUT2D eigenvalue weighted by atomic mass is 35.5. The first-order valence-electron chi connectivity index (χ1n) is 10.2. The standard InChI is InChI=1S/C23H25ClN4O2/c1-16-4-8-18(9-5-16)22-26-21(30-27-22)15-28-12-2-3-19(14-28)23(29)25-13-17-6-10-20(24)11-7-17/h4-11,19H,2-3,12-15H2,1H3,(H,25,29). The molecule has 0 aliphatic carbocycles. The third-order valence-electron chi connectivity index (χ3n) is 5.39. The van der Waals surface area contributed by atoms with Crippen LogP contribution in [0.25, 0.3) is 11.4 Å². The lowest BCUT2D eigenvalue weighted by Crippen LogP contribution is -2.42. The maximum atomic E-state index is 12.6. The van der Waals surface area contributed by atoms with E-state index in [-0.39, 0.29) is 11.8 Å². The van der Waals surface area contributed by atoms with Gasteiger partial charge in [-0.2, -0.15) is 4.98 Å². The summed E-state index contributed by atoms with van der Waals surface area (Å²) in [6.45, 7) is 4.72. The Balaban J connectivity index is 1.31. The summed E-state index contributed by atoms with van der Waals surface area (Å²) < 4.78 is 5.45. The molecular formula is C23H25ClN4O2. The summed E-state index contributed by atoms with van der Waals surface area (Å²) in [4.78, 5) is 19.4. The maximum Gasteiger partial charge on any atom is 0.241 e. The van der Waals surface area contributed by atoms with Gasteiger partial charge in [-0.15, -0.1) is 0 Å². The largest absolute Gasteiger partial charge is 0.352 e. The molecule has 0 radical (unpaired) electrons. The smallest absolute Gasteiger partial charge is 0.241 e. The minimum atomic E-state index is -0.0365. The van der Waals surface area contributed by atoms with E-state index in [1.54, 1.807) is 0 Å². The van der Waals surface area contributed by atoms with E-state index in [4.69, 9.17) is 16.1 Å². The van der Waals surface area contributed by atoms with Gasteiger partial charge in [-0.05, 0) is 44.0 Å². The second kappa shape index (κ2) is 9.41. The zero-order valence-electron chi connectivity index (χ0n) is 17.0. The minimum absolute atomic E-state index is 0.0365. The summed E-state index contributed by atoms with van der Waals surface area (Å²) in [5.41, 5.74) is 3.17. The van der Waals surface area contributed by atoms with Crippen LogP contribution in [0.15, 0.2) is 53.1 Å². The molecule has 30 heavy (non-hydrogen) atoms. The van der Waals surface area contributed by atoms with Crippen LogP contribution in [0.1, 0.15) is 29.9 Å². The molecule has 2 heterocycles. The van der Waals surface area contributed by atoms with E-state index in [1.165, 1.54) is 5.56 Å². The van der Waals surface area contributed by atoms with Gasteiger partial charge in [-0.25, -0.2) is 0 Å². The predicted octanol–water partition coefficient (Wildman–Crippen LogP) is 4.23. The molecular weight excluding hydrogens is 400 g/mol. The summed E-state index contributed by atoms with van der Waals surface area (Å²) in [6, 6.07) is 15.6. The number of hydrogen-bond donors (Lipinski definition) is 1. The average Bonchev–Trinajstić information content (AvgIpc) is 3.22. The number of likely N-dealkylation sites (tertiary alicyclic amines) is 1. The Kier molecular flexibility index (Phi) is 6.45. The number of carbonyl (C=O) groups is 1. The molecule has 156 valence electrons. The molecule has 4 rings (SSSR count). The van der Waals surface area contributed by atoms with Crippen molar-refractivity contribution in [2.24, 2.45) is 5.92 Å². The molecule has 1 atom stereocenters. The first-order valence-corrected chi connectivity index (χ1v) is 10.6. The lowest BCUT2D eigenvalue weighted by Gasteiger charge is -2.30. The van der Waals surface area contributed by atoms with E-state index in [0.717, 1.165) is 30.5 Å². The molecule has 0 bridgehead atoms. The monoisotopic (exact) mass is 424 g/mol. The third-order valence-corrected chi connectivity index (χ3v) is 5.65. The van der Waals surface area contributed by atoms with Crippen LogP contribution in [0, 0.1) is 12.8 Å². The lowest BCUT2D eigenvalue weighted by atomic mass is 9.97. The molecule has 3 aromatic rings. The van der Waals surface area contributed by atoms with Gasteiger partial charge in [0, 0.05) is 23.7 Å². The van der Waals surface area contributed by atoms with Crippen LogP contribution in [0.4, 0.5) is 0 Å². The molecule has 1 amide bonds. The molecule has 0 spiro atoms. The second-order valence-electron chi connectivity index (χ2n) is 7.80. The van der Waals surface area contributed by atoms with Crippen LogP contribution in [0.3, 0.4) is 0 Å². The van der Waals surface area contributed by atoms with Gasteiger partial charge in [0.1, 0.15) is 0 Å². The summed E-state index contributed by atoms with van der Waals surface area (Å²) in [7, 11) is 0. The van der Waals surface area contributed by atoms with Crippen LogP contribution in [-0.4, -0.2) is 34.0 Å². The predicted molar refractivity (Wildman–Crippen MR) is 116 cm³/mol. The van der Waals surface area contributed by atoms with Gasteiger partial charge in [0.15, 0.2) is 0 Å². The van der Waals surface area contributed by atoms with Crippen molar-refractivity contribution in [3.8, 4) is 11.4 Å². The van der Waals surface area contributed by atoms with Crippen LogP contribution < -0.4 is 5.32 Å². The number of piperidine rings is 1. The molecule has 0 saturated carbocycles. The molecule has 1 aromatic heterocycles. The Bertz CT molecular complexity index is 985. The van der Waals surface area contributed by atoms with Gasteiger partial charge in [0.25, 0.3) is 0 Å². The number of aromatic nitrogens is 2. The number of benzene rings is 2. The number of nitrogens with one attached hydrogen (secondary N) is 1. The third kappa shape index (κ3) is 5.26. The van der Waals surface area contributed by atoms with E-state index in [9.17, 15) is 4.79 Å².